The minimum absolute atomic E-state index is 0.00700. The molecule has 0 fully saturated rings. The molecule has 0 radical (unpaired) electrons. The molecule has 6 heteroatoms. The molecule has 0 amide bonds. The Bertz CT molecular complexity index is 1050. The molecule has 6 nitrogen and oxygen atoms in total. The highest BCUT2D eigenvalue weighted by molar-refractivity contribution is 6.10. The number of Topliss-reactive ketones (excluding diaryl/α,β-unsaturated/α-hetero) is 3. The number of carbonyl (C=O) groups is 3. The Morgan fingerprint density at radius 3 is 1.62 bits per heavy atom. The highest BCUT2D eigenvalue weighted by atomic mass is 16.5. The number of aliphatic hydroxyl groups excluding tert-OH is 1. The molecule has 168 valence electrons. The topological polar surface area (TPSA) is 89.9 Å². The van der Waals surface area contributed by atoms with Gasteiger partial charge < -0.3 is 14.6 Å². The normalized spacial score (nSPS) is 19.9. The number of ether oxygens (including phenoxy) is 2. The molecule has 0 saturated heterocycles. The Balaban J connectivity index is 2.35. The maximum atomic E-state index is 13.4. The lowest BCUT2D eigenvalue weighted by atomic mass is 9.52. The molecule has 0 spiro atoms. The predicted molar refractivity (Wildman–Crippen MR) is 120 cm³/mol. The van der Waals surface area contributed by atoms with Crippen molar-refractivity contribution >= 4 is 17.3 Å². The van der Waals surface area contributed by atoms with Crippen LogP contribution in [0.4, 0.5) is 0 Å². The molecule has 0 aliphatic heterocycles. The lowest BCUT2D eigenvalue weighted by Gasteiger charge is -2.47. The predicted octanol–water partition coefficient (Wildman–Crippen LogP) is 4.54. The Morgan fingerprint density at radius 2 is 1.25 bits per heavy atom. The van der Waals surface area contributed by atoms with Crippen molar-refractivity contribution in [2.24, 2.45) is 5.41 Å². The molecule has 0 saturated carbocycles. The summed E-state index contributed by atoms with van der Waals surface area (Å²) in [6.07, 6.45) is 0.00700. The molecule has 2 atom stereocenters. The molecule has 1 N–H and O–H groups in total. The van der Waals surface area contributed by atoms with Gasteiger partial charge in [0, 0.05) is 23.8 Å². The number of aliphatic hydroxyl groups is 1. The van der Waals surface area contributed by atoms with E-state index in [4.69, 9.17) is 9.47 Å². The molecule has 0 aromatic heterocycles. The third kappa shape index (κ3) is 3.70. The second kappa shape index (κ2) is 8.99. The minimum atomic E-state index is -1.56. The smallest absolute Gasteiger partial charge is 0.159 e. The van der Waals surface area contributed by atoms with E-state index in [0.29, 0.717) is 22.6 Å². The average molecular weight is 437 g/mol. The van der Waals surface area contributed by atoms with Crippen LogP contribution >= 0.6 is 0 Å². The molecule has 1 aliphatic rings. The molecule has 2 aromatic carbocycles. The van der Waals surface area contributed by atoms with Gasteiger partial charge >= 0.3 is 0 Å². The monoisotopic (exact) mass is 436 g/mol. The number of carbonyl (C=O) groups excluding carboxylic acids is 3. The number of benzene rings is 2. The summed E-state index contributed by atoms with van der Waals surface area (Å²) in [7, 11) is 3.09. The molecule has 1 aliphatic carbocycles. The van der Waals surface area contributed by atoms with Gasteiger partial charge in [0.2, 0.25) is 0 Å². The van der Waals surface area contributed by atoms with Gasteiger partial charge in [-0.1, -0.05) is 24.3 Å². The lowest BCUT2D eigenvalue weighted by molar-refractivity contribution is -0.142. The molecule has 1 unspecified atom stereocenters. The molecule has 2 aromatic rings. The van der Waals surface area contributed by atoms with Gasteiger partial charge in [-0.25, -0.2) is 0 Å². The van der Waals surface area contributed by atoms with E-state index >= 15 is 0 Å². The van der Waals surface area contributed by atoms with Gasteiger partial charge in [-0.05, 0) is 56.2 Å². The van der Waals surface area contributed by atoms with E-state index in [2.05, 4.69) is 0 Å². The second-order valence-electron chi connectivity index (χ2n) is 8.13. The third-order valence-corrected chi connectivity index (χ3v) is 6.51. The van der Waals surface area contributed by atoms with Crippen LogP contribution in [0.1, 0.15) is 50.2 Å². The first-order chi connectivity index (χ1) is 15.2. The molecule has 32 heavy (non-hydrogen) atoms. The molecule has 0 bridgehead atoms. The number of allylic oxidation sites excluding steroid dienone is 2. The van der Waals surface area contributed by atoms with Crippen molar-refractivity contribution < 1.29 is 29.0 Å². The van der Waals surface area contributed by atoms with Crippen molar-refractivity contribution in [3.8, 4) is 11.5 Å². The quantitative estimate of drug-likeness (QED) is 0.641. The fourth-order valence-corrected chi connectivity index (χ4v) is 5.05. The molecule has 3 rings (SSSR count). The first-order valence-electron chi connectivity index (χ1n) is 10.4. The average Bonchev–Trinajstić information content (AvgIpc) is 2.77. The summed E-state index contributed by atoms with van der Waals surface area (Å²) in [6.45, 7) is 4.12. The number of rotatable bonds is 7. The van der Waals surface area contributed by atoms with Crippen LogP contribution in [0.2, 0.25) is 0 Å². The molecular weight excluding hydrogens is 408 g/mol. The highest BCUT2D eigenvalue weighted by Crippen LogP contribution is 2.58. The Labute approximate surface area is 187 Å². The summed E-state index contributed by atoms with van der Waals surface area (Å²) in [6, 6.07) is 14.0. The van der Waals surface area contributed by atoms with Gasteiger partial charge in [0.25, 0.3) is 0 Å². The summed E-state index contributed by atoms with van der Waals surface area (Å²) in [5.74, 6) is -1.52. The van der Waals surface area contributed by atoms with Gasteiger partial charge in [0.1, 0.15) is 34.2 Å². The van der Waals surface area contributed by atoms with Crippen LogP contribution in [0, 0.1) is 5.41 Å². The van der Waals surface area contributed by atoms with Crippen LogP contribution in [-0.4, -0.2) is 36.7 Å². The fourth-order valence-electron chi connectivity index (χ4n) is 5.05. The van der Waals surface area contributed by atoms with Crippen molar-refractivity contribution in [3.63, 3.8) is 0 Å². The van der Waals surface area contributed by atoms with E-state index in [0.717, 1.165) is 0 Å². The zero-order valence-electron chi connectivity index (χ0n) is 19.0. The first kappa shape index (κ1) is 23.3. The number of ketones is 3. The van der Waals surface area contributed by atoms with Crippen molar-refractivity contribution in [1.82, 2.24) is 0 Å². The van der Waals surface area contributed by atoms with E-state index in [1.807, 2.05) is 0 Å². The van der Waals surface area contributed by atoms with Crippen molar-refractivity contribution in [2.75, 3.05) is 14.2 Å². The fraction of sp³-hybridized carbons (Fsp3) is 0.346. The van der Waals surface area contributed by atoms with Gasteiger partial charge in [0.15, 0.2) is 5.78 Å². The van der Waals surface area contributed by atoms with E-state index in [-0.39, 0.29) is 35.1 Å². The van der Waals surface area contributed by atoms with Crippen LogP contribution in [0.15, 0.2) is 59.9 Å². The third-order valence-electron chi connectivity index (χ3n) is 6.51. The van der Waals surface area contributed by atoms with Gasteiger partial charge in [-0.3, -0.25) is 14.4 Å². The number of hydrogen-bond acceptors (Lipinski definition) is 6. The van der Waals surface area contributed by atoms with Gasteiger partial charge in [-0.15, -0.1) is 0 Å². The van der Waals surface area contributed by atoms with Crippen LogP contribution < -0.4 is 9.47 Å². The van der Waals surface area contributed by atoms with E-state index < -0.39 is 17.3 Å². The van der Waals surface area contributed by atoms with Crippen LogP contribution in [-0.2, 0) is 14.4 Å². The zero-order valence-corrected chi connectivity index (χ0v) is 19.0. The molecule has 0 heterocycles. The number of hydrogen-bond donors (Lipinski definition) is 1. The first-order valence-corrected chi connectivity index (χ1v) is 10.4. The second-order valence-corrected chi connectivity index (χ2v) is 8.13. The van der Waals surface area contributed by atoms with E-state index in [1.165, 1.54) is 27.9 Å². The summed E-state index contributed by atoms with van der Waals surface area (Å²) in [5, 5.41) is 11.0. The maximum absolute atomic E-state index is 13.4. The summed E-state index contributed by atoms with van der Waals surface area (Å²) in [4.78, 5) is 39.4. The summed E-state index contributed by atoms with van der Waals surface area (Å²) in [5.41, 5.74) is -0.156. The van der Waals surface area contributed by atoms with Crippen LogP contribution in [0.25, 0.3) is 0 Å². The van der Waals surface area contributed by atoms with E-state index in [1.54, 1.807) is 55.6 Å². The summed E-state index contributed by atoms with van der Waals surface area (Å²) < 4.78 is 10.5. The van der Waals surface area contributed by atoms with Gasteiger partial charge in [0.05, 0.1) is 14.2 Å². The highest BCUT2D eigenvalue weighted by Gasteiger charge is 2.59. The van der Waals surface area contributed by atoms with Crippen LogP contribution in [0.3, 0.4) is 0 Å². The SMILES string of the molecule is COc1ccc(C2C(C(C)=O)=C(O)C[C@@H](c3ccc(OC)cc3)C2(C(C)=O)C(C)=O)cc1. The van der Waals surface area contributed by atoms with E-state index in [9.17, 15) is 19.5 Å². The Kier molecular flexibility index (Phi) is 6.53. The van der Waals surface area contributed by atoms with Gasteiger partial charge in [-0.2, -0.15) is 0 Å². The zero-order chi connectivity index (χ0) is 23.6. The standard InChI is InChI=1S/C26H28O6/c1-15(27)24-23(30)14-22(18-6-10-20(31-4)11-7-18)26(16(2)28,17(3)29)25(24)19-8-12-21(32-5)13-9-19/h6-13,22,25,30H,14H2,1-5H3/t22-,25?/m0/s1. The largest absolute Gasteiger partial charge is 0.512 e. The van der Waals surface area contributed by atoms with Crippen molar-refractivity contribution in [1.29, 1.82) is 0 Å². The summed E-state index contributed by atoms with van der Waals surface area (Å²) >= 11 is 0. The maximum Gasteiger partial charge on any atom is 0.159 e. The minimum Gasteiger partial charge on any atom is -0.512 e. The Morgan fingerprint density at radius 1 is 0.812 bits per heavy atom. The lowest BCUT2D eigenvalue weighted by Crippen LogP contribution is -2.51. The molecular formula is C26H28O6. The van der Waals surface area contributed by atoms with Crippen molar-refractivity contribution in [2.45, 2.75) is 39.0 Å². The number of methoxy groups -OCH3 is 2. The van der Waals surface area contributed by atoms with Crippen molar-refractivity contribution in [3.05, 3.63) is 71.0 Å². The Hall–Kier alpha value is -3.41. The van der Waals surface area contributed by atoms with Crippen LogP contribution in [0.5, 0.6) is 11.5 Å².